The first kappa shape index (κ1) is 17.9. The summed E-state index contributed by atoms with van der Waals surface area (Å²) < 4.78 is 0. The van der Waals surface area contributed by atoms with Crippen LogP contribution < -0.4 is 4.90 Å². The van der Waals surface area contributed by atoms with E-state index < -0.39 is 10.8 Å². The molecule has 0 spiro atoms. The van der Waals surface area contributed by atoms with Crippen LogP contribution in [-0.2, 0) is 9.59 Å². The molecule has 4 rings (SSSR count). The second kappa shape index (κ2) is 7.23. The van der Waals surface area contributed by atoms with E-state index in [-0.39, 0.29) is 11.6 Å². The molecule has 1 aliphatic heterocycles. The Labute approximate surface area is 161 Å². The highest BCUT2D eigenvalue weighted by atomic mass is 16.6. The van der Waals surface area contributed by atoms with Gasteiger partial charge in [0.2, 0.25) is 0 Å². The summed E-state index contributed by atoms with van der Waals surface area (Å²) in [6.45, 7) is 0. The van der Waals surface area contributed by atoms with Crippen molar-refractivity contribution in [1.82, 2.24) is 0 Å². The second-order valence-corrected chi connectivity index (χ2v) is 6.81. The first-order valence-electron chi connectivity index (χ1n) is 9.20. The van der Waals surface area contributed by atoms with Crippen LogP contribution in [0.2, 0.25) is 0 Å². The molecule has 0 fully saturated rings. The van der Waals surface area contributed by atoms with Crippen molar-refractivity contribution in [3.8, 4) is 0 Å². The topological polar surface area (TPSA) is 80.5 Å². The zero-order valence-electron chi connectivity index (χ0n) is 15.1. The van der Waals surface area contributed by atoms with Crippen LogP contribution >= 0.6 is 0 Å². The fraction of sp³-hybridized carbons (Fsp3) is 0.182. The van der Waals surface area contributed by atoms with Crippen LogP contribution in [0.15, 0.2) is 71.8 Å². The Hall–Kier alpha value is -3.54. The predicted octanol–water partition coefficient (Wildman–Crippen LogP) is 4.42. The monoisotopic (exact) mass is 374 g/mol. The number of amides is 2. The van der Waals surface area contributed by atoms with Gasteiger partial charge in [-0.2, -0.15) is 0 Å². The molecule has 2 aromatic rings. The Bertz CT molecular complexity index is 1020. The number of nitro benzene ring substituents is 1. The number of hydrogen-bond acceptors (Lipinski definition) is 4. The van der Waals surface area contributed by atoms with Gasteiger partial charge in [0.25, 0.3) is 17.5 Å². The van der Waals surface area contributed by atoms with E-state index >= 15 is 0 Å². The Balaban J connectivity index is 1.81. The van der Waals surface area contributed by atoms with Crippen molar-refractivity contribution < 1.29 is 14.5 Å². The Morgan fingerprint density at radius 1 is 0.857 bits per heavy atom. The van der Waals surface area contributed by atoms with Crippen molar-refractivity contribution in [2.24, 2.45) is 0 Å². The van der Waals surface area contributed by atoms with Crippen LogP contribution in [-0.4, -0.2) is 16.7 Å². The number of anilines is 1. The fourth-order valence-electron chi connectivity index (χ4n) is 3.72. The smallest absolute Gasteiger partial charge is 0.268 e. The number of benzene rings is 2. The van der Waals surface area contributed by atoms with Gasteiger partial charge >= 0.3 is 0 Å². The second-order valence-electron chi connectivity index (χ2n) is 6.81. The zero-order chi connectivity index (χ0) is 19.7. The first-order chi connectivity index (χ1) is 13.6. The molecule has 0 saturated carbocycles. The highest BCUT2D eigenvalue weighted by Gasteiger charge is 2.41. The minimum atomic E-state index is -0.511. The average molecular weight is 374 g/mol. The highest BCUT2D eigenvalue weighted by Crippen LogP contribution is 2.39. The quantitative estimate of drug-likeness (QED) is 0.451. The number of rotatable bonds is 4. The number of nitro groups is 1. The van der Waals surface area contributed by atoms with Gasteiger partial charge in [-0.3, -0.25) is 19.7 Å². The van der Waals surface area contributed by atoms with Crippen molar-refractivity contribution in [1.29, 1.82) is 0 Å². The average Bonchev–Trinajstić information content (AvgIpc) is 2.99. The van der Waals surface area contributed by atoms with Gasteiger partial charge in [-0.05, 0) is 49.0 Å². The molecule has 2 amide bonds. The van der Waals surface area contributed by atoms with Crippen LogP contribution in [0.3, 0.4) is 0 Å². The number of imide groups is 1. The van der Waals surface area contributed by atoms with E-state index in [1.54, 1.807) is 0 Å². The van der Waals surface area contributed by atoms with E-state index in [9.17, 15) is 19.7 Å². The van der Waals surface area contributed by atoms with Crippen LogP contribution in [0.4, 0.5) is 11.4 Å². The molecule has 0 radical (unpaired) electrons. The molecule has 2 aromatic carbocycles. The standard InChI is InChI=1S/C22H18N2O4/c25-21-19(15-7-3-1-4-8-15)20(16-9-5-2-6-10-16)22(26)23(21)17-11-13-18(14-12-17)24(27)28/h1,3-4,7-9,11-14H,2,5-6,10H2. The Morgan fingerprint density at radius 2 is 1.54 bits per heavy atom. The molecule has 2 aliphatic rings. The number of carbonyl (C=O) groups is 2. The molecule has 0 aromatic heterocycles. The van der Waals surface area contributed by atoms with Gasteiger partial charge < -0.3 is 0 Å². The summed E-state index contributed by atoms with van der Waals surface area (Å²) in [5.41, 5.74) is 2.71. The molecule has 28 heavy (non-hydrogen) atoms. The van der Waals surface area contributed by atoms with Crippen LogP contribution in [0.25, 0.3) is 5.57 Å². The fourth-order valence-corrected chi connectivity index (χ4v) is 3.72. The molecule has 0 saturated heterocycles. The summed E-state index contributed by atoms with van der Waals surface area (Å²) in [6, 6.07) is 14.7. The molecular formula is C22H18N2O4. The van der Waals surface area contributed by atoms with Crippen LogP contribution in [0.5, 0.6) is 0 Å². The molecule has 1 heterocycles. The predicted molar refractivity (Wildman–Crippen MR) is 106 cm³/mol. The molecule has 0 unspecified atom stereocenters. The third-order valence-electron chi connectivity index (χ3n) is 5.08. The van der Waals surface area contributed by atoms with E-state index in [1.165, 1.54) is 24.3 Å². The molecular weight excluding hydrogens is 356 g/mol. The SMILES string of the molecule is O=C1C(C2=CCCCC2)=C(c2ccccc2)C(=O)N1c1ccc([N+](=O)[O-])cc1. The lowest BCUT2D eigenvalue weighted by molar-refractivity contribution is -0.384. The van der Waals surface area contributed by atoms with Gasteiger partial charge in [-0.15, -0.1) is 0 Å². The van der Waals surface area contributed by atoms with E-state index in [2.05, 4.69) is 0 Å². The van der Waals surface area contributed by atoms with Crippen molar-refractivity contribution in [3.05, 3.63) is 87.5 Å². The minimum Gasteiger partial charge on any atom is -0.268 e. The molecule has 0 N–H and O–H groups in total. The summed E-state index contributed by atoms with van der Waals surface area (Å²) in [5.74, 6) is -0.766. The van der Waals surface area contributed by atoms with Crippen LogP contribution in [0, 0.1) is 10.1 Å². The lowest BCUT2D eigenvalue weighted by Crippen LogP contribution is -2.31. The van der Waals surface area contributed by atoms with Gasteiger partial charge in [0.1, 0.15) is 0 Å². The summed E-state index contributed by atoms with van der Waals surface area (Å²) >= 11 is 0. The Kier molecular flexibility index (Phi) is 4.61. The summed E-state index contributed by atoms with van der Waals surface area (Å²) in [5, 5.41) is 10.9. The summed E-state index contributed by atoms with van der Waals surface area (Å²) in [7, 11) is 0. The lowest BCUT2D eigenvalue weighted by atomic mass is 9.89. The number of non-ortho nitro benzene ring substituents is 1. The molecule has 6 heteroatoms. The van der Waals surface area contributed by atoms with E-state index in [1.807, 2.05) is 36.4 Å². The van der Waals surface area contributed by atoms with Crippen molar-refractivity contribution >= 4 is 28.8 Å². The molecule has 6 nitrogen and oxygen atoms in total. The first-order valence-corrected chi connectivity index (χ1v) is 9.20. The minimum absolute atomic E-state index is 0.0886. The number of hydrogen-bond donors (Lipinski definition) is 0. The third kappa shape index (κ3) is 3.03. The summed E-state index contributed by atoms with van der Waals surface area (Å²) in [4.78, 5) is 38.1. The van der Waals surface area contributed by atoms with Gasteiger partial charge in [0.05, 0.1) is 21.8 Å². The van der Waals surface area contributed by atoms with Gasteiger partial charge in [0, 0.05) is 12.1 Å². The van der Waals surface area contributed by atoms with Gasteiger partial charge in [-0.25, -0.2) is 4.90 Å². The molecule has 0 atom stereocenters. The lowest BCUT2D eigenvalue weighted by Gasteiger charge is -2.17. The van der Waals surface area contributed by atoms with Gasteiger partial charge in [0.15, 0.2) is 0 Å². The maximum atomic E-state index is 13.3. The summed E-state index contributed by atoms with van der Waals surface area (Å²) in [6.07, 6.45) is 5.76. The maximum absolute atomic E-state index is 13.3. The van der Waals surface area contributed by atoms with Crippen LogP contribution in [0.1, 0.15) is 31.2 Å². The van der Waals surface area contributed by atoms with E-state index in [0.717, 1.165) is 36.2 Å². The number of carbonyl (C=O) groups excluding carboxylic acids is 2. The van der Waals surface area contributed by atoms with Crippen molar-refractivity contribution in [2.75, 3.05) is 4.90 Å². The zero-order valence-corrected chi connectivity index (χ0v) is 15.1. The normalized spacial score (nSPS) is 17.1. The molecule has 140 valence electrons. The molecule has 0 bridgehead atoms. The third-order valence-corrected chi connectivity index (χ3v) is 5.08. The highest BCUT2D eigenvalue weighted by molar-refractivity contribution is 6.46. The van der Waals surface area contributed by atoms with Gasteiger partial charge in [-0.1, -0.05) is 36.4 Å². The van der Waals surface area contributed by atoms with E-state index in [0.29, 0.717) is 22.4 Å². The van der Waals surface area contributed by atoms with Crippen molar-refractivity contribution in [3.63, 3.8) is 0 Å². The molecule has 1 aliphatic carbocycles. The number of allylic oxidation sites excluding steroid dienone is 1. The largest absolute Gasteiger partial charge is 0.269 e. The number of nitrogens with zero attached hydrogens (tertiary/aromatic N) is 2. The maximum Gasteiger partial charge on any atom is 0.269 e. The Morgan fingerprint density at radius 3 is 2.14 bits per heavy atom. The van der Waals surface area contributed by atoms with Crippen molar-refractivity contribution in [2.45, 2.75) is 25.7 Å². The van der Waals surface area contributed by atoms with E-state index in [4.69, 9.17) is 0 Å².